The van der Waals surface area contributed by atoms with E-state index in [0.29, 0.717) is 6.42 Å². The number of nitrogens with one attached hydrogen (secondary N) is 4. The van der Waals surface area contributed by atoms with E-state index in [0.717, 1.165) is 22.3 Å². The molecular weight excluding hydrogens is 516 g/mol. The van der Waals surface area contributed by atoms with Crippen LogP contribution in [0.15, 0.2) is 60.7 Å². The van der Waals surface area contributed by atoms with Gasteiger partial charge in [0.2, 0.25) is 23.6 Å². The van der Waals surface area contributed by atoms with Gasteiger partial charge in [-0.2, -0.15) is 0 Å². The average Bonchev–Trinajstić information content (AvgIpc) is 2.89. The van der Waals surface area contributed by atoms with Crippen LogP contribution >= 0.6 is 0 Å². The standard InChI is InChI=1S/C33H42N4O4/c1-7-13-26(28-17-12-11-14-23(28)2)22-34-32(41)24(3)35-30(39)20-27(21-31(40)37-33(4,5)6)36-29(38)19-18-25-15-9-8-10-16-25/h1,8-17,24,27H,18-22H2,2-6H3,(H,34,41)(H,35,39)(H,36,38)(H,37,40)/b26-13-/t24-,27-/m0/s1. The Balaban J connectivity index is 1.98. The van der Waals surface area contributed by atoms with Gasteiger partial charge in [0.1, 0.15) is 6.04 Å². The Morgan fingerprint density at radius 3 is 2.17 bits per heavy atom. The number of carbonyl (C=O) groups excluding carboxylic acids is 4. The van der Waals surface area contributed by atoms with Crippen molar-refractivity contribution in [2.75, 3.05) is 6.54 Å². The molecule has 0 saturated heterocycles. The molecule has 0 aliphatic rings. The minimum absolute atomic E-state index is 0.0704. The normalized spacial score (nSPS) is 12.8. The van der Waals surface area contributed by atoms with Gasteiger partial charge in [-0.3, -0.25) is 19.2 Å². The molecule has 8 nitrogen and oxygen atoms in total. The molecule has 0 aliphatic carbocycles. The van der Waals surface area contributed by atoms with Gasteiger partial charge in [0.15, 0.2) is 0 Å². The second kappa shape index (κ2) is 16.0. The van der Waals surface area contributed by atoms with E-state index in [2.05, 4.69) is 27.2 Å². The number of carbonyl (C=O) groups is 4. The number of hydrogen-bond donors (Lipinski definition) is 4. The molecule has 4 amide bonds. The van der Waals surface area contributed by atoms with Crippen molar-refractivity contribution in [1.29, 1.82) is 0 Å². The van der Waals surface area contributed by atoms with Crippen molar-refractivity contribution < 1.29 is 19.2 Å². The molecule has 0 aromatic heterocycles. The van der Waals surface area contributed by atoms with Gasteiger partial charge in [-0.05, 0) is 69.4 Å². The maximum atomic E-state index is 12.9. The molecule has 0 saturated carbocycles. The van der Waals surface area contributed by atoms with Crippen LogP contribution in [0.4, 0.5) is 0 Å². The van der Waals surface area contributed by atoms with Crippen molar-refractivity contribution in [3.63, 3.8) is 0 Å². The van der Waals surface area contributed by atoms with E-state index in [1.165, 1.54) is 0 Å². The number of rotatable bonds is 13. The summed E-state index contributed by atoms with van der Waals surface area (Å²) in [4.78, 5) is 51.0. The SMILES string of the molecule is C#C/C=C(/CNC(=O)[C@H](C)NC(=O)C[C@@H](CC(=O)NC(C)(C)C)NC(=O)CCc1ccccc1)c1ccccc1C. The highest BCUT2D eigenvalue weighted by Gasteiger charge is 2.24. The van der Waals surface area contributed by atoms with Crippen LogP contribution in [-0.2, 0) is 25.6 Å². The Kier molecular flexibility index (Phi) is 12.8. The van der Waals surface area contributed by atoms with Gasteiger partial charge in [0, 0.05) is 37.4 Å². The predicted octanol–water partition coefficient (Wildman–Crippen LogP) is 3.45. The van der Waals surface area contributed by atoms with Crippen LogP contribution in [0.1, 0.15) is 63.6 Å². The van der Waals surface area contributed by atoms with Crippen molar-refractivity contribution in [3.8, 4) is 12.3 Å². The van der Waals surface area contributed by atoms with Crippen LogP contribution < -0.4 is 21.3 Å². The number of allylic oxidation sites excluding steroid dienone is 1. The van der Waals surface area contributed by atoms with Crippen molar-refractivity contribution in [2.24, 2.45) is 0 Å². The molecule has 218 valence electrons. The van der Waals surface area contributed by atoms with E-state index in [9.17, 15) is 19.2 Å². The quantitative estimate of drug-likeness (QED) is 0.282. The van der Waals surface area contributed by atoms with E-state index in [-0.39, 0.29) is 43.5 Å². The highest BCUT2D eigenvalue weighted by Crippen LogP contribution is 2.17. The third kappa shape index (κ3) is 12.6. The van der Waals surface area contributed by atoms with E-state index in [4.69, 9.17) is 6.42 Å². The number of amides is 4. The van der Waals surface area contributed by atoms with Crippen LogP contribution in [-0.4, -0.2) is 47.8 Å². The lowest BCUT2D eigenvalue weighted by Gasteiger charge is -2.24. The minimum atomic E-state index is -0.843. The van der Waals surface area contributed by atoms with Gasteiger partial charge in [-0.25, -0.2) is 0 Å². The summed E-state index contributed by atoms with van der Waals surface area (Å²) in [6.07, 6.45) is 7.63. The third-order valence-corrected chi connectivity index (χ3v) is 6.20. The van der Waals surface area contributed by atoms with E-state index < -0.39 is 23.5 Å². The van der Waals surface area contributed by atoms with Gasteiger partial charge in [0.25, 0.3) is 0 Å². The Morgan fingerprint density at radius 2 is 1.54 bits per heavy atom. The summed E-state index contributed by atoms with van der Waals surface area (Å²) in [6.45, 7) is 9.30. The fourth-order valence-electron chi connectivity index (χ4n) is 4.25. The Morgan fingerprint density at radius 1 is 0.902 bits per heavy atom. The number of terminal acetylenes is 1. The number of aryl methyl sites for hydroxylation is 2. The molecule has 0 radical (unpaired) electrons. The molecule has 41 heavy (non-hydrogen) atoms. The fraction of sp³-hybridized carbons (Fsp3) is 0.394. The van der Waals surface area contributed by atoms with Crippen LogP contribution in [0.3, 0.4) is 0 Å². The second-order valence-corrected chi connectivity index (χ2v) is 11.1. The van der Waals surface area contributed by atoms with Crippen LogP contribution in [0.5, 0.6) is 0 Å². The van der Waals surface area contributed by atoms with Gasteiger partial charge in [-0.1, -0.05) is 60.5 Å². The lowest BCUT2D eigenvalue weighted by molar-refractivity contribution is -0.129. The summed E-state index contributed by atoms with van der Waals surface area (Å²) < 4.78 is 0. The van der Waals surface area contributed by atoms with Gasteiger partial charge in [0.05, 0.1) is 0 Å². The molecule has 0 spiro atoms. The Hall–Kier alpha value is -4.38. The summed E-state index contributed by atoms with van der Waals surface area (Å²) in [5, 5.41) is 11.2. The van der Waals surface area contributed by atoms with Crippen LogP contribution in [0, 0.1) is 19.3 Å². The first kappa shape index (κ1) is 32.8. The fourth-order valence-corrected chi connectivity index (χ4v) is 4.25. The first-order valence-corrected chi connectivity index (χ1v) is 13.8. The monoisotopic (exact) mass is 558 g/mol. The summed E-state index contributed by atoms with van der Waals surface area (Å²) in [5.74, 6) is 1.13. The second-order valence-electron chi connectivity index (χ2n) is 11.1. The summed E-state index contributed by atoms with van der Waals surface area (Å²) in [7, 11) is 0. The molecule has 0 fully saturated rings. The molecule has 2 atom stereocenters. The van der Waals surface area contributed by atoms with Gasteiger partial charge < -0.3 is 21.3 Å². The number of hydrogen-bond acceptors (Lipinski definition) is 4. The molecule has 0 bridgehead atoms. The molecule has 4 N–H and O–H groups in total. The van der Waals surface area contributed by atoms with E-state index >= 15 is 0 Å². The Bertz CT molecular complexity index is 1270. The van der Waals surface area contributed by atoms with Crippen LogP contribution in [0.2, 0.25) is 0 Å². The molecule has 8 heteroatoms. The maximum Gasteiger partial charge on any atom is 0.242 e. The van der Waals surface area contributed by atoms with Crippen molar-refractivity contribution in [3.05, 3.63) is 77.4 Å². The molecule has 0 heterocycles. The zero-order chi connectivity index (χ0) is 30.4. The van der Waals surface area contributed by atoms with Crippen molar-refractivity contribution >= 4 is 29.2 Å². The van der Waals surface area contributed by atoms with Gasteiger partial charge >= 0.3 is 0 Å². The Labute approximate surface area is 243 Å². The molecule has 2 aromatic carbocycles. The molecule has 0 unspecified atom stereocenters. The predicted molar refractivity (Wildman–Crippen MR) is 162 cm³/mol. The molecule has 2 aromatic rings. The van der Waals surface area contributed by atoms with Gasteiger partial charge in [-0.15, -0.1) is 6.42 Å². The zero-order valence-corrected chi connectivity index (χ0v) is 24.7. The maximum absolute atomic E-state index is 12.9. The van der Waals surface area contributed by atoms with Crippen LogP contribution in [0.25, 0.3) is 5.57 Å². The molecule has 2 rings (SSSR count). The first-order valence-electron chi connectivity index (χ1n) is 13.8. The smallest absolute Gasteiger partial charge is 0.242 e. The highest BCUT2D eigenvalue weighted by molar-refractivity contribution is 5.89. The molecular formula is C33H42N4O4. The topological polar surface area (TPSA) is 116 Å². The lowest BCUT2D eigenvalue weighted by Crippen LogP contribution is -2.49. The average molecular weight is 559 g/mol. The number of benzene rings is 2. The summed E-state index contributed by atoms with van der Waals surface area (Å²) in [5.41, 5.74) is 3.29. The van der Waals surface area contributed by atoms with Crippen molar-refractivity contribution in [2.45, 2.75) is 77.9 Å². The first-order chi connectivity index (χ1) is 19.4. The van der Waals surface area contributed by atoms with E-state index in [1.54, 1.807) is 13.0 Å². The third-order valence-electron chi connectivity index (χ3n) is 6.20. The summed E-state index contributed by atoms with van der Waals surface area (Å²) >= 11 is 0. The zero-order valence-electron chi connectivity index (χ0n) is 24.7. The van der Waals surface area contributed by atoms with E-state index in [1.807, 2.05) is 82.3 Å². The van der Waals surface area contributed by atoms with Crippen molar-refractivity contribution in [1.82, 2.24) is 21.3 Å². The molecule has 0 aliphatic heterocycles. The lowest BCUT2D eigenvalue weighted by atomic mass is 10.00. The summed E-state index contributed by atoms with van der Waals surface area (Å²) in [6, 6.07) is 15.7. The minimum Gasteiger partial charge on any atom is -0.352 e. The largest absolute Gasteiger partial charge is 0.352 e. The highest BCUT2D eigenvalue weighted by atomic mass is 16.2.